The number of ether oxygens (including phenoxy) is 1. The van der Waals surface area contributed by atoms with E-state index in [9.17, 15) is 9.59 Å². The second kappa shape index (κ2) is 5.48. The van der Waals surface area contributed by atoms with Gasteiger partial charge in [-0.3, -0.25) is 4.79 Å². The van der Waals surface area contributed by atoms with Gasteiger partial charge in [0.1, 0.15) is 6.04 Å². The van der Waals surface area contributed by atoms with Crippen molar-refractivity contribution in [2.24, 2.45) is 0 Å². The lowest BCUT2D eigenvalue weighted by Crippen LogP contribution is -2.41. The predicted molar refractivity (Wildman–Crippen MR) is 71.9 cm³/mol. The van der Waals surface area contributed by atoms with Crippen molar-refractivity contribution in [3.8, 4) is 0 Å². The van der Waals surface area contributed by atoms with Crippen LogP contribution in [0.1, 0.15) is 23.2 Å². The van der Waals surface area contributed by atoms with Crippen LogP contribution in [0.3, 0.4) is 0 Å². The highest BCUT2D eigenvalue weighted by Crippen LogP contribution is 2.27. The van der Waals surface area contributed by atoms with Crippen molar-refractivity contribution in [3.63, 3.8) is 0 Å². The maximum atomic E-state index is 12.5. The first-order valence-electron chi connectivity index (χ1n) is 5.99. The first kappa shape index (κ1) is 13.7. The maximum Gasteiger partial charge on any atom is 0.328 e. The summed E-state index contributed by atoms with van der Waals surface area (Å²) in [5.41, 5.74) is 6.36. The molecule has 102 valence electrons. The van der Waals surface area contributed by atoms with Gasteiger partial charge in [-0.1, -0.05) is 17.7 Å². The number of rotatable bonds is 2. The Morgan fingerprint density at radius 3 is 2.84 bits per heavy atom. The van der Waals surface area contributed by atoms with Crippen molar-refractivity contribution in [1.29, 1.82) is 0 Å². The van der Waals surface area contributed by atoms with E-state index in [-0.39, 0.29) is 11.5 Å². The normalized spacial score (nSPS) is 18.4. The quantitative estimate of drug-likeness (QED) is 0.662. The molecule has 1 atom stereocenters. The molecule has 1 aliphatic heterocycles. The smallest absolute Gasteiger partial charge is 0.328 e. The summed E-state index contributed by atoms with van der Waals surface area (Å²) < 4.78 is 4.71. The third kappa shape index (κ3) is 2.51. The summed E-state index contributed by atoms with van der Waals surface area (Å²) in [6.07, 6.45) is 1.36. The highest BCUT2D eigenvalue weighted by Gasteiger charge is 2.36. The fourth-order valence-corrected chi connectivity index (χ4v) is 2.56. The van der Waals surface area contributed by atoms with Crippen LogP contribution in [0, 0.1) is 0 Å². The molecule has 5 nitrogen and oxygen atoms in total. The third-order valence-corrected chi connectivity index (χ3v) is 3.56. The van der Waals surface area contributed by atoms with E-state index < -0.39 is 12.0 Å². The van der Waals surface area contributed by atoms with Gasteiger partial charge in [-0.2, -0.15) is 0 Å². The molecule has 1 heterocycles. The van der Waals surface area contributed by atoms with Gasteiger partial charge in [0.2, 0.25) is 0 Å². The Labute approximate surface area is 116 Å². The Balaban J connectivity index is 2.31. The van der Waals surface area contributed by atoms with E-state index in [2.05, 4.69) is 0 Å². The molecule has 0 aromatic heterocycles. The molecule has 6 heteroatoms. The molecule has 1 aromatic carbocycles. The summed E-state index contributed by atoms with van der Waals surface area (Å²) >= 11 is 6.02. The standard InChI is InChI=1S/C13H15ClN2O3/c1-19-13(18)10-6-3-7-16(10)12(17)11-8(14)4-2-5-9(11)15/h2,4-5,10H,3,6-7,15H2,1H3. The summed E-state index contributed by atoms with van der Waals surface area (Å²) in [4.78, 5) is 25.6. The highest BCUT2D eigenvalue weighted by atomic mass is 35.5. The summed E-state index contributed by atoms with van der Waals surface area (Å²) in [6.45, 7) is 0.503. The molecule has 1 aliphatic rings. The number of benzene rings is 1. The Hall–Kier alpha value is -1.75. The van der Waals surface area contributed by atoms with Crippen LogP contribution in [0.2, 0.25) is 5.02 Å². The number of halogens is 1. The molecule has 2 N–H and O–H groups in total. The number of amides is 1. The molecule has 1 saturated heterocycles. The van der Waals surface area contributed by atoms with Crippen molar-refractivity contribution in [1.82, 2.24) is 4.90 Å². The van der Waals surface area contributed by atoms with Crippen LogP contribution in [0.5, 0.6) is 0 Å². The Morgan fingerprint density at radius 1 is 1.47 bits per heavy atom. The van der Waals surface area contributed by atoms with Crippen molar-refractivity contribution in [2.45, 2.75) is 18.9 Å². The van der Waals surface area contributed by atoms with Gasteiger partial charge < -0.3 is 15.4 Å². The van der Waals surface area contributed by atoms with E-state index in [1.807, 2.05) is 0 Å². The molecule has 19 heavy (non-hydrogen) atoms. The summed E-state index contributed by atoms with van der Waals surface area (Å²) in [6, 6.07) is 4.35. The summed E-state index contributed by atoms with van der Waals surface area (Å²) in [5.74, 6) is -0.729. The van der Waals surface area contributed by atoms with Gasteiger partial charge in [-0.15, -0.1) is 0 Å². The lowest BCUT2D eigenvalue weighted by Gasteiger charge is -2.23. The Kier molecular flexibility index (Phi) is 3.95. The van der Waals surface area contributed by atoms with Crippen LogP contribution < -0.4 is 5.73 Å². The Bertz CT molecular complexity index is 498. The van der Waals surface area contributed by atoms with Gasteiger partial charge in [0.25, 0.3) is 5.91 Å². The second-order valence-corrected chi connectivity index (χ2v) is 4.79. The van der Waals surface area contributed by atoms with Crippen molar-refractivity contribution < 1.29 is 14.3 Å². The molecular formula is C13H15ClN2O3. The SMILES string of the molecule is COC(=O)C1CCCN1C(=O)c1c(N)cccc1Cl. The predicted octanol–water partition coefficient (Wildman–Crippen LogP) is 1.70. The van der Waals surface area contributed by atoms with Crippen LogP contribution >= 0.6 is 11.6 Å². The molecule has 0 aliphatic carbocycles. The number of carbonyl (C=O) groups excluding carboxylic acids is 2. The zero-order chi connectivity index (χ0) is 14.0. The summed E-state index contributed by atoms with van der Waals surface area (Å²) in [5, 5.41) is 0.292. The van der Waals surface area contributed by atoms with Crippen LogP contribution in [-0.4, -0.2) is 36.5 Å². The fraction of sp³-hybridized carbons (Fsp3) is 0.385. The lowest BCUT2D eigenvalue weighted by atomic mass is 10.1. The second-order valence-electron chi connectivity index (χ2n) is 4.38. The van der Waals surface area contributed by atoms with Gasteiger partial charge in [0, 0.05) is 12.2 Å². The molecule has 0 saturated carbocycles. The van der Waals surface area contributed by atoms with E-state index in [1.54, 1.807) is 18.2 Å². The van der Waals surface area contributed by atoms with E-state index >= 15 is 0 Å². The first-order valence-corrected chi connectivity index (χ1v) is 6.37. The van der Waals surface area contributed by atoms with Gasteiger partial charge >= 0.3 is 5.97 Å². The molecule has 1 unspecified atom stereocenters. The molecule has 1 aromatic rings. The zero-order valence-corrected chi connectivity index (χ0v) is 11.3. The lowest BCUT2D eigenvalue weighted by molar-refractivity contribution is -0.145. The monoisotopic (exact) mass is 282 g/mol. The minimum Gasteiger partial charge on any atom is -0.467 e. The molecular weight excluding hydrogens is 268 g/mol. The van der Waals surface area contributed by atoms with Crippen LogP contribution in [0.25, 0.3) is 0 Å². The van der Waals surface area contributed by atoms with Gasteiger partial charge in [-0.25, -0.2) is 4.79 Å². The summed E-state index contributed by atoms with van der Waals surface area (Å²) in [7, 11) is 1.31. The average molecular weight is 283 g/mol. The first-order chi connectivity index (χ1) is 9.06. The number of anilines is 1. The number of likely N-dealkylation sites (tertiary alicyclic amines) is 1. The van der Waals surface area contributed by atoms with Gasteiger partial charge in [0.15, 0.2) is 0 Å². The molecule has 2 rings (SSSR count). The molecule has 1 amide bonds. The number of methoxy groups -OCH3 is 1. The molecule has 1 fully saturated rings. The van der Waals surface area contributed by atoms with E-state index in [4.69, 9.17) is 22.1 Å². The number of hydrogen-bond acceptors (Lipinski definition) is 4. The average Bonchev–Trinajstić information content (AvgIpc) is 2.86. The Morgan fingerprint density at radius 2 is 2.21 bits per heavy atom. The van der Waals surface area contributed by atoms with Crippen molar-refractivity contribution >= 4 is 29.2 Å². The molecule has 0 spiro atoms. The van der Waals surface area contributed by atoms with Crippen LogP contribution in [-0.2, 0) is 9.53 Å². The number of esters is 1. The zero-order valence-electron chi connectivity index (χ0n) is 10.6. The topological polar surface area (TPSA) is 72.6 Å². The third-order valence-electron chi connectivity index (χ3n) is 3.25. The van der Waals surface area contributed by atoms with E-state index in [1.165, 1.54) is 12.0 Å². The number of nitrogens with zero attached hydrogens (tertiary/aromatic N) is 1. The number of hydrogen-bond donors (Lipinski definition) is 1. The number of nitrogens with two attached hydrogens (primary N) is 1. The minimum absolute atomic E-state index is 0.250. The largest absolute Gasteiger partial charge is 0.467 e. The number of carbonyl (C=O) groups is 2. The maximum absolute atomic E-state index is 12.5. The van der Waals surface area contributed by atoms with E-state index in [0.717, 1.165) is 6.42 Å². The fourth-order valence-electron chi connectivity index (χ4n) is 2.30. The van der Waals surface area contributed by atoms with Crippen molar-refractivity contribution in [3.05, 3.63) is 28.8 Å². The van der Waals surface area contributed by atoms with Crippen LogP contribution in [0.15, 0.2) is 18.2 Å². The van der Waals surface area contributed by atoms with Gasteiger partial charge in [0.05, 0.1) is 17.7 Å². The van der Waals surface area contributed by atoms with Crippen LogP contribution in [0.4, 0.5) is 5.69 Å². The molecule has 0 bridgehead atoms. The van der Waals surface area contributed by atoms with Crippen molar-refractivity contribution in [2.75, 3.05) is 19.4 Å². The van der Waals surface area contributed by atoms with Gasteiger partial charge in [-0.05, 0) is 25.0 Å². The number of nitrogen functional groups attached to an aromatic ring is 1. The molecule has 0 radical (unpaired) electrons. The van der Waals surface area contributed by atoms with E-state index in [0.29, 0.717) is 23.7 Å². The minimum atomic E-state index is -0.548. The highest BCUT2D eigenvalue weighted by molar-refractivity contribution is 6.34.